The number of amides is 1. The van der Waals surface area contributed by atoms with Gasteiger partial charge in [0, 0.05) is 24.8 Å². The summed E-state index contributed by atoms with van der Waals surface area (Å²) < 4.78 is 32.8. The second kappa shape index (κ2) is 9.55. The Kier molecular flexibility index (Phi) is 7.32. The Bertz CT molecular complexity index is 821. The van der Waals surface area contributed by atoms with Crippen LogP contribution in [0.3, 0.4) is 0 Å². The van der Waals surface area contributed by atoms with Crippen LogP contribution in [-0.2, 0) is 19.6 Å². The maximum Gasteiger partial charge on any atom is 0.243 e. The topological polar surface area (TPSA) is 87.7 Å². The van der Waals surface area contributed by atoms with Gasteiger partial charge in [0.05, 0.1) is 24.2 Å². The molecule has 1 amide bonds. The van der Waals surface area contributed by atoms with Gasteiger partial charge in [0.15, 0.2) is 0 Å². The quantitative estimate of drug-likeness (QED) is 0.734. The number of nitrogens with one attached hydrogen (secondary N) is 2. The van der Waals surface area contributed by atoms with Gasteiger partial charge in [0.25, 0.3) is 0 Å². The minimum Gasteiger partial charge on any atom is -0.379 e. The molecule has 3 rings (SSSR count). The Hall–Kier alpha value is -1.48. The van der Waals surface area contributed by atoms with Gasteiger partial charge in [-0.05, 0) is 50.3 Å². The maximum atomic E-state index is 13.0. The lowest BCUT2D eigenvalue weighted by Gasteiger charge is -2.31. The average Bonchev–Trinajstić information content (AvgIpc) is 2.71. The van der Waals surface area contributed by atoms with Crippen LogP contribution in [0, 0.1) is 12.8 Å². The highest BCUT2D eigenvalue weighted by molar-refractivity contribution is 7.89. The van der Waals surface area contributed by atoms with Gasteiger partial charge < -0.3 is 15.4 Å². The Labute approximate surface area is 174 Å². The van der Waals surface area contributed by atoms with E-state index in [4.69, 9.17) is 4.74 Å². The molecule has 2 aliphatic rings. The molecule has 0 aromatic heterocycles. The van der Waals surface area contributed by atoms with Crippen molar-refractivity contribution in [3.05, 3.63) is 23.8 Å². The maximum absolute atomic E-state index is 13.0. The third-order valence-corrected chi connectivity index (χ3v) is 8.05. The average molecular weight is 424 g/mol. The number of nitrogens with zero attached hydrogens (tertiary/aromatic N) is 1. The fourth-order valence-electron chi connectivity index (χ4n) is 4.09. The van der Waals surface area contributed by atoms with Crippen LogP contribution in [0.5, 0.6) is 0 Å². The Morgan fingerprint density at radius 2 is 1.90 bits per heavy atom. The number of anilines is 1. The van der Waals surface area contributed by atoms with Crippen LogP contribution in [0.15, 0.2) is 23.1 Å². The van der Waals surface area contributed by atoms with E-state index >= 15 is 0 Å². The molecule has 0 unspecified atom stereocenters. The third-order valence-electron chi connectivity index (χ3n) is 6.01. The molecule has 1 aromatic carbocycles. The lowest BCUT2D eigenvalue weighted by atomic mass is 9.85. The highest BCUT2D eigenvalue weighted by atomic mass is 32.2. The fraction of sp³-hybridized carbons (Fsp3) is 0.667. The highest BCUT2D eigenvalue weighted by Crippen LogP contribution is 2.26. The van der Waals surface area contributed by atoms with E-state index in [9.17, 15) is 13.2 Å². The highest BCUT2D eigenvalue weighted by Gasteiger charge is 2.29. The monoisotopic (exact) mass is 423 g/mol. The van der Waals surface area contributed by atoms with Crippen LogP contribution >= 0.6 is 0 Å². The number of sulfonamides is 1. The summed E-state index contributed by atoms with van der Waals surface area (Å²) in [5.74, 6) is 0.407. The van der Waals surface area contributed by atoms with Crippen molar-refractivity contribution in [1.82, 2.24) is 9.62 Å². The van der Waals surface area contributed by atoms with Crippen molar-refractivity contribution in [2.24, 2.45) is 5.92 Å². The zero-order valence-electron chi connectivity index (χ0n) is 17.6. The summed E-state index contributed by atoms with van der Waals surface area (Å²) in [7, 11) is -3.61. The number of rotatable bonds is 6. The third kappa shape index (κ3) is 5.36. The number of hydrogen-bond donors (Lipinski definition) is 2. The van der Waals surface area contributed by atoms with Crippen LogP contribution in [0.1, 0.15) is 45.1 Å². The molecule has 1 aliphatic heterocycles. The molecule has 1 saturated heterocycles. The summed E-state index contributed by atoms with van der Waals surface area (Å²) in [6.07, 6.45) is 4.72. The molecule has 3 atom stereocenters. The molecule has 2 N–H and O–H groups in total. The number of aryl methyl sites for hydroxylation is 1. The number of morpholine rings is 1. The number of carbonyl (C=O) groups excluding carboxylic acids is 1. The minimum absolute atomic E-state index is 0.152. The second-order valence-electron chi connectivity index (χ2n) is 8.24. The first-order chi connectivity index (χ1) is 13.8. The largest absolute Gasteiger partial charge is 0.379 e. The molecule has 1 aliphatic carbocycles. The van der Waals surface area contributed by atoms with Crippen molar-refractivity contribution in [3.8, 4) is 0 Å². The van der Waals surface area contributed by atoms with E-state index in [-0.39, 0.29) is 16.8 Å². The molecule has 1 saturated carbocycles. The van der Waals surface area contributed by atoms with Gasteiger partial charge in [-0.2, -0.15) is 4.31 Å². The molecule has 7 nitrogen and oxygen atoms in total. The zero-order chi connectivity index (χ0) is 21.0. The van der Waals surface area contributed by atoms with Crippen LogP contribution in [0.2, 0.25) is 0 Å². The van der Waals surface area contributed by atoms with Gasteiger partial charge in [-0.1, -0.05) is 25.8 Å². The van der Waals surface area contributed by atoms with Gasteiger partial charge in [-0.15, -0.1) is 0 Å². The predicted octanol–water partition coefficient (Wildman–Crippen LogP) is 2.51. The molecular formula is C21H33N3O4S. The van der Waals surface area contributed by atoms with E-state index in [0.717, 1.165) is 6.42 Å². The van der Waals surface area contributed by atoms with E-state index in [1.165, 1.54) is 23.6 Å². The van der Waals surface area contributed by atoms with Gasteiger partial charge in [-0.25, -0.2) is 8.42 Å². The van der Waals surface area contributed by atoms with Gasteiger partial charge in [0.1, 0.15) is 0 Å². The van der Waals surface area contributed by atoms with Crippen LogP contribution in [0.25, 0.3) is 0 Å². The molecule has 162 valence electrons. The summed E-state index contributed by atoms with van der Waals surface area (Å²) in [4.78, 5) is 12.9. The summed E-state index contributed by atoms with van der Waals surface area (Å²) in [5.41, 5.74) is 1.16. The van der Waals surface area contributed by atoms with E-state index in [1.54, 1.807) is 25.1 Å². The first-order valence-electron chi connectivity index (χ1n) is 10.5. The van der Waals surface area contributed by atoms with Crippen LogP contribution in [-0.4, -0.2) is 57.0 Å². The molecule has 2 fully saturated rings. The van der Waals surface area contributed by atoms with Crippen LogP contribution in [0.4, 0.5) is 5.69 Å². The zero-order valence-corrected chi connectivity index (χ0v) is 18.4. The SMILES string of the molecule is Cc1ccc(NC(=O)[C@@H](C)N[C@H]2CCCC[C@@H]2C)cc1S(=O)(=O)N1CCOCC1. The molecule has 0 bridgehead atoms. The lowest BCUT2D eigenvalue weighted by molar-refractivity contribution is -0.118. The normalized spacial score (nSPS) is 24.8. The van der Waals surface area contributed by atoms with E-state index in [0.29, 0.717) is 49.5 Å². The lowest BCUT2D eigenvalue weighted by Crippen LogP contribution is -2.47. The summed E-state index contributed by atoms with van der Waals surface area (Å²) in [6.45, 7) is 7.35. The standard InChI is InChI=1S/C21H33N3O4S/c1-15-6-4-5-7-19(15)22-17(3)21(25)23-18-9-8-16(2)20(14-18)29(26,27)24-10-12-28-13-11-24/h8-9,14-15,17,19,22H,4-7,10-13H2,1-3H3,(H,23,25)/t15-,17+,19-/m0/s1. The van der Waals surface area contributed by atoms with Gasteiger partial charge in [-0.3, -0.25) is 4.79 Å². The smallest absolute Gasteiger partial charge is 0.243 e. The number of hydrogen-bond acceptors (Lipinski definition) is 5. The molecule has 0 spiro atoms. The van der Waals surface area contributed by atoms with Crippen molar-refractivity contribution in [3.63, 3.8) is 0 Å². The van der Waals surface area contributed by atoms with Crippen molar-refractivity contribution in [2.75, 3.05) is 31.6 Å². The molecular weight excluding hydrogens is 390 g/mol. The first-order valence-corrected chi connectivity index (χ1v) is 12.0. The van der Waals surface area contributed by atoms with Crippen molar-refractivity contribution >= 4 is 21.6 Å². The molecule has 29 heavy (non-hydrogen) atoms. The Balaban J connectivity index is 1.69. The van der Waals surface area contributed by atoms with Gasteiger partial charge in [0.2, 0.25) is 15.9 Å². The molecule has 1 heterocycles. The van der Waals surface area contributed by atoms with Gasteiger partial charge >= 0.3 is 0 Å². The minimum atomic E-state index is -3.61. The number of carbonyl (C=O) groups is 1. The number of ether oxygens (including phenoxy) is 1. The predicted molar refractivity (Wildman–Crippen MR) is 113 cm³/mol. The summed E-state index contributed by atoms with van der Waals surface area (Å²) in [5, 5.41) is 6.32. The fourth-order valence-corrected chi connectivity index (χ4v) is 5.75. The number of benzene rings is 1. The molecule has 1 aromatic rings. The van der Waals surface area contributed by atoms with Crippen molar-refractivity contribution in [1.29, 1.82) is 0 Å². The van der Waals surface area contributed by atoms with E-state index in [2.05, 4.69) is 17.6 Å². The molecule has 0 radical (unpaired) electrons. The Morgan fingerprint density at radius 1 is 1.21 bits per heavy atom. The van der Waals surface area contributed by atoms with Crippen molar-refractivity contribution in [2.45, 2.75) is 63.4 Å². The second-order valence-corrected chi connectivity index (χ2v) is 10.1. The Morgan fingerprint density at radius 3 is 2.59 bits per heavy atom. The summed E-state index contributed by atoms with van der Waals surface area (Å²) in [6, 6.07) is 5.06. The van der Waals surface area contributed by atoms with E-state index in [1.807, 2.05) is 6.92 Å². The first kappa shape index (κ1) is 22.2. The van der Waals surface area contributed by atoms with Crippen LogP contribution < -0.4 is 10.6 Å². The summed E-state index contributed by atoms with van der Waals surface area (Å²) >= 11 is 0. The van der Waals surface area contributed by atoms with Crippen molar-refractivity contribution < 1.29 is 17.9 Å². The van der Waals surface area contributed by atoms with E-state index < -0.39 is 10.0 Å². The molecule has 8 heteroatoms.